The van der Waals surface area contributed by atoms with E-state index in [-0.39, 0.29) is 12.5 Å². The van der Waals surface area contributed by atoms with Gasteiger partial charge in [-0.3, -0.25) is 9.59 Å². The summed E-state index contributed by atoms with van der Waals surface area (Å²) in [5, 5.41) is 2.67. The molecule has 0 saturated carbocycles. The van der Waals surface area contributed by atoms with Crippen LogP contribution in [0.5, 0.6) is 0 Å². The molecule has 0 heterocycles. The van der Waals surface area contributed by atoms with Crippen LogP contribution in [0.2, 0.25) is 0 Å². The second-order valence-corrected chi connectivity index (χ2v) is 4.93. The van der Waals surface area contributed by atoms with Crippen LogP contribution in [-0.4, -0.2) is 18.4 Å². The highest BCUT2D eigenvalue weighted by Crippen LogP contribution is 2.15. The van der Waals surface area contributed by atoms with Gasteiger partial charge in [0.25, 0.3) is 5.91 Å². The van der Waals surface area contributed by atoms with Gasteiger partial charge < -0.3 is 11.1 Å². The van der Waals surface area contributed by atoms with Gasteiger partial charge in [0.1, 0.15) is 0 Å². The summed E-state index contributed by atoms with van der Waals surface area (Å²) in [5.41, 5.74) is 4.94. The molecular weight excluding hydrogens is 236 g/mol. The lowest BCUT2D eigenvalue weighted by Crippen LogP contribution is -2.42. The maximum atomic E-state index is 11.8. The molecule has 3 N–H and O–H groups in total. The van der Waals surface area contributed by atoms with Crippen molar-refractivity contribution in [2.45, 2.75) is 18.7 Å². The molecular formula is C12H16N2O2S. The van der Waals surface area contributed by atoms with E-state index in [9.17, 15) is 9.59 Å². The van der Waals surface area contributed by atoms with Crippen LogP contribution in [0.15, 0.2) is 29.2 Å². The molecule has 2 amide bonds. The predicted octanol–water partition coefficient (Wildman–Crippen LogP) is 1.22. The Balaban J connectivity index is 2.69. The summed E-state index contributed by atoms with van der Waals surface area (Å²) in [6, 6.07) is 6.96. The van der Waals surface area contributed by atoms with Gasteiger partial charge in [-0.1, -0.05) is 12.1 Å². The highest BCUT2D eigenvalue weighted by atomic mass is 32.1. The van der Waals surface area contributed by atoms with Gasteiger partial charge in [-0.05, 0) is 26.0 Å². The zero-order chi connectivity index (χ0) is 13.1. The van der Waals surface area contributed by atoms with Gasteiger partial charge in [-0.25, -0.2) is 0 Å². The van der Waals surface area contributed by atoms with Crippen LogP contribution in [0.4, 0.5) is 0 Å². The number of hydrogen-bond acceptors (Lipinski definition) is 3. The molecule has 0 aliphatic carbocycles. The monoisotopic (exact) mass is 252 g/mol. The number of carbonyl (C=O) groups excluding carboxylic acids is 2. The summed E-state index contributed by atoms with van der Waals surface area (Å²) >= 11 is 4.19. The fraction of sp³-hybridized carbons (Fsp3) is 0.333. The van der Waals surface area contributed by atoms with Gasteiger partial charge in [-0.2, -0.15) is 0 Å². The molecule has 0 aromatic heterocycles. The molecule has 0 bridgehead atoms. The maximum Gasteiger partial charge on any atom is 0.252 e. The van der Waals surface area contributed by atoms with Crippen molar-refractivity contribution in [2.75, 3.05) is 6.54 Å². The first kappa shape index (κ1) is 13.6. The third-order valence-electron chi connectivity index (χ3n) is 2.51. The number of amides is 2. The van der Waals surface area contributed by atoms with E-state index >= 15 is 0 Å². The number of benzene rings is 1. The summed E-state index contributed by atoms with van der Waals surface area (Å²) in [6.45, 7) is 3.56. The topological polar surface area (TPSA) is 72.2 Å². The van der Waals surface area contributed by atoms with Gasteiger partial charge in [0.15, 0.2) is 0 Å². The third kappa shape index (κ3) is 3.49. The molecule has 0 atom stereocenters. The highest BCUT2D eigenvalue weighted by molar-refractivity contribution is 7.80. The van der Waals surface area contributed by atoms with Crippen molar-refractivity contribution in [3.63, 3.8) is 0 Å². The van der Waals surface area contributed by atoms with E-state index in [2.05, 4.69) is 17.9 Å². The quantitative estimate of drug-likeness (QED) is 0.705. The number of nitrogens with one attached hydrogen (secondary N) is 1. The van der Waals surface area contributed by atoms with E-state index in [1.54, 1.807) is 38.1 Å². The summed E-state index contributed by atoms with van der Waals surface area (Å²) in [4.78, 5) is 23.5. The Kier molecular flexibility index (Phi) is 4.17. The molecule has 0 aliphatic heterocycles. The van der Waals surface area contributed by atoms with Gasteiger partial charge in [0.05, 0.1) is 11.0 Å². The van der Waals surface area contributed by atoms with Crippen molar-refractivity contribution in [3.05, 3.63) is 29.8 Å². The molecule has 0 radical (unpaired) electrons. The lowest BCUT2D eigenvalue weighted by atomic mass is 9.92. The minimum atomic E-state index is -0.763. The summed E-state index contributed by atoms with van der Waals surface area (Å²) < 4.78 is 0. The number of carbonyl (C=O) groups is 2. The first-order valence-corrected chi connectivity index (χ1v) is 5.65. The second-order valence-electron chi connectivity index (χ2n) is 4.45. The van der Waals surface area contributed by atoms with Crippen LogP contribution in [0.3, 0.4) is 0 Å². The van der Waals surface area contributed by atoms with Crippen molar-refractivity contribution in [1.82, 2.24) is 5.32 Å². The lowest BCUT2D eigenvalue weighted by molar-refractivity contribution is -0.125. The zero-order valence-corrected chi connectivity index (χ0v) is 10.8. The fourth-order valence-electron chi connectivity index (χ4n) is 1.15. The van der Waals surface area contributed by atoms with Crippen LogP contribution in [-0.2, 0) is 4.79 Å². The Morgan fingerprint density at radius 2 is 1.94 bits per heavy atom. The van der Waals surface area contributed by atoms with Crippen molar-refractivity contribution in [3.8, 4) is 0 Å². The van der Waals surface area contributed by atoms with Gasteiger partial charge in [0.2, 0.25) is 5.91 Å². The van der Waals surface area contributed by atoms with Gasteiger partial charge in [-0.15, -0.1) is 12.6 Å². The smallest absolute Gasteiger partial charge is 0.252 e. The molecule has 0 fully saturated rings. The first-order chi connectivity index (χ1) is 7.84. The number of hydrogen-bond donors (Lipinski definition) is 3. The molecule has 1 aromatic carbocycles. The Bertz CT molecular complexity index is 444. The van der Waals surface area contributed by atoms with E-state index in [0.29, 0.717) is 10.5 Å². The van der Waals surface area contributed by atoms with Crippen LogP contribution in [0, 0.1) is 5.41 Å². The zero-order valence-electron chi connectivity index (χ0n) is 9.86. The Labute approximate surface area is 106 Å². The SMILES string of the molecule is CC(C)(CNC(=O)c1ccccc1S)C(N)=O. The van der Waals surface area contributed by atoms with Gasteiger partial charge in [0, 0.05) is 11.4 Å². The van der Waals surface area contributed by atoms with Crippen LogP contribution < -0.4 is 11.1 Å². The molecule has 0 unspecified atom stereocenters. The fourth-order valence-corrected chi connectivity index (χ4v) is 1.41. The summed E-state index contributed by atoms with van der Waals surface area (Å²) in [7, 11) is 0. The van der Waals surface area contributed by atoms with Crippen LogP contribution in [0.25, 0.3) is 0 Å². The number of primary amides is 1. The summed E-state index contributed by atoms with van der Waals surface area (Å²) in [5.74, 6) is -0.707. The van der Waals surface area contributed by atoms with Crippen LogP contribution >= 0.6 is 12.6 Å². The molecule has 92 valence electrons. The third-order valence-corrected chi connectivity index (χ3v) is 2.90. The van der Waals surface area contributed by atoms with Gasteiger partial charge >= 0.3 is 0 Å². The average Bonchev–Trinajstić information content (AvgIpc) is 2.26. The molecule has 17 heavy (non-hydrogen) atoms. The van der Waals surface area contributed by atoms with Crippen molar-refractivity contribution < 1.29 is 9.59 Å². The molecule has 4 nitrogen and oxygen atoms in total. The average molecular weight is 252 g/mol. The molecule has 0 spiro atoms. The maximum absolute atomic E-state index is 11.8. The minimum Gasteiger partial charge on any atom is -0.369 e. The van der Waals surface area contributed by atoms with Crippen molar-refractivity contribution >= 4 is 24.4 Å². The predicted molar refractivity (Wildman–Crippen MR) is 69.0 cm³/mol. The van der Waals surface area contributed by atoms with Crippen molar-refractivity contribution in [1.29, 1.82) is 0 Å². The standard InChI is InChI=1S/C12H16N2O2S/c1-12(2,11(13)16)7-14-10(15)8-5-3-4-6-9(8)17/h3-6,17H,7H2,1-2H3,(H2,13,16)(H,14,15). The van der Waals surface area contributed by atoms with E-state index in [4.69, 9.17) is 5.73 Å². The van der Waals surface area contributed by atoms with Crippen LogP contribution in [0.1, 0.15) is 24.2 Å². The molecule has 1 rings (SSSR count). The normalized spacial score (nSPS) is 11.0. The van der Waals surface area contributed by atoms with E-state index < -0.39 is 11.3 Å². The number of rotatable bonds is 4. The van der Waals surface area contributed by atoms with E-state index in [0.717, 1.165) is 0 Å². The molecule has 1 aromatic rings. The summed E-state index contributed by atoms with van der Waals surface area (Å²) in [6.07, 6.45) is 0. The molecule has 5 heteroatoms. The minimum absolute atomic E-state index is 0.198. The Morgan fingerprint density at radius 1 is 1.35 bits per heavy atom. The number of nitrogens with two attached hydrogens (primary N) is 1. The largest absolute Gasteiger partial charge is 0.369 e. The molecule has 0 saturated heterocycles. The molecule has 0 aliphatic rings. The van der Waals surface area contributed by atoms with E-state index in [1.807, 2.05) is 0 Å². The lowest BCUT2D eigenvalue weighted by Gasteiger charge is -2.20. The first-order valence-electron chi connectivity index (χ1n) is 5.20. The number of thiol groups is 1. The highest BCUT2D eigenvalue weighted by Gasteiger charge is 2.25. The second kappa shape index (κ2) is 5.23. The Morgan fingerprint density at radius 3 is 2.47 bits per heavy atom. The van der Waals surface area contributed by atoms with Crippen molar-refractivity contribution in [2.24, 2.45) is 11.1 Å². The van der Waals surface area contributed by atoms with E-state index in [1.165, 1.54) is 0 Å². The Hall–Kier alpha value is -1.49.